The molecule has 15 amide bonds. The largest absolute Gasteiger partial charge is 0.508 e. The Morgan fingerprint density at radius 1 is 0.507 bits per heavy atom. The van der Waals surface area contributed by atoms with Gasteiger partial charge in [-0.15, -0.1) is 11.8 Å². The topological polar surface area (TPSA) is 500 Å². The number of nitrogens with one attached hydrogen (secondary N) is 9. The highest BCUT2D eigenvalue weighted by molar-refractivity contribution is 8.00. The number of aromatic hydroxyl groups is 2. The van der Waals surface area contributed by atoms with Crippen LogP contribution in [0.1, 0.15) is 113 Å². The molecule has 4 aliphatic heterocycles. The van der Waals surface area contributed by atoms with Crippen LogP contribution in [0.5, 0.6) is 11.5 Å². The van der Waals surface area contributed by atoms with E-state index in [4.69, 9.17) is 11.5 Å². The number of amides is 15. The first-order valence-electron chi connectivity index (χ1n) is 45.5. The number of carbonyl (C=O) groups is 15. The number of thioether (sulfide) groups is 1. The fraction of sp³-hybridized carbons (Fsp3) is 0.454. The molecule has 11 rings (SSSR count). The van der Waals surface area contributed by atoms with E-state index in [9.17, 15) is 34.1 Å². The smallest absolute Gasteiger partial charge is 0.246 e. The number of aromatic nitrogens is 1. The van der Waals surface area contributed by atoms with E-state index >= 15 is 66.3 Å². The molecule has 0 saturated carbocycles. The van der Waals surface area contributed by atoms with E-state index in [1.807, 2.05) is 6.92 Å². The quantitative estimate of drug-likeness (QED) is 0.0459. The number of aliphatic hydroxyl groups excluding tert-OH is 1. The van der Waals surface area contributed by atoms with E-state index < -0.39 is 240 Å². The van der Waals surface area contributed by atoms with Crippen molar-refractivity contribution in [3.8, 4) is 11.5 Å². The molecular formula is C97H120F3N17O18S. The number of aromatic amines is 1. The number of halogens is 3. The van der Waals surface area contributed by atoms with Gasteiger partial charge in [-0.3, -0.25) is 71.9 Å². The number of H-pyrrole nitrogens is 1. The van der Waals surface area contributed by atoms with Gasteiger partial charge in [-0.1, -0.05) is 151 Å². The number of aliphatic hydroxyl groups is 1. The summed E-state index contributed by atoms with van der Waals surface area (Å²) in [6.45, 7) is 6.99. The fourth-order valence-electron chi connectivity index (χ4n) is 17.5. The Bertz CT molecular complexity index is 5470. The van der Waals surface area contributed by atoms with Crippen LogP contribution in [0.25, 0.3) is 10.9 Å². The highest BCUT2D eigenvalue weighted by atomic mass is 32.2. The molecule has 4 saturated heterocycles. The Kier molecular flexibility index (Phi) is 35.7. The second-order valence-corrected chi connectivity index (χ2v) is 37.0. The molecule has 7 aromatic rings. The van der Waals surface area contributed by atoms with Crippen molar-refractivity contribution >= 4 is 111 Å². The maximum atomic E-state index is 15.8. The maximum Gasteiger partial charge on any atom is 0.246 e. The van der Waals surface area contributed by atoms with Crippen LogP contribution < -0.4 is 54.0 Å². The minimum atomic E-state index is -1.87. The van der Waals surface area contributed by atoms with Crippen molar-refractivity contribution in [1.82, 2.24) is 76.9 Å². The zero-order chi connectivity index (χ0) is 98.6. The number of fused-ring (bicyclic) bond motifs is 4. The number of benzene rings is 6. The highest BCUT2D eigenvalue weighted by Gasteiger charge is 2.51. The molecule has 39 heteroatoms. The molecule has 136 heavy (non-hydrogen) atoms. The van der Waals surface area contributed by atoms with Crippen LogP contribution in [-0.4, -0.2) is 288 Å². The molecule has 0 aliphatic carbocycles. The van der Waals surface area contributed by atoms with Gasteiger partial charge in [0.1, 0.15) is 90.0 Å². The fourth-order valence-corrected chi connectivity index (χ4v) is 18.4. The molecule has 728 valence electrons. The number of phenols is 2. The average molecular weight is 1900 g/mol. The van der Waals surface area contributed by atoms with Crippen LogP contribution in [0.2, 0.25) is 0 Å². The molecule has 1 aromatic heterocycles. The number of primary amides is 1. The normalized spacial score (nSPS) is 24.8. The second kappa shape index (κ2) is 47.2. The second-order valence-electron chi connectivity index (χ2n) is 36.0. The van der Waals surface area contributed by atoms with Gasteiger partial charge in [0, 0.05) is 115 Å². The van der Waals surface area contributed by atoms with Crippen LogP contribution >= 0.6 is 11.8 Å². The summed E-state index contributed by atoms with van der Waals surface area (Å²) in [5.41, 5.74) is 14.7. The Hall–Kier alpha value is -13.4. The number of phenolic OH excluding ortho intramolecular Hbond substituents is 2. The van der Waals surface area contributed by atoms with Crippen LogP contribution in [0.3, 0.4) is 0 Å². The molecule has 0 spiro atoms. The third-order valence-corrected chi connectivity index (χ3v) is 26.1. The van der Waals surface area contributed by atoms with Gasteiger partial charge in [0.2, 0.25) is 88.6 Å². The molecule has 5 heterocycles. The number of likely N-dealkylation sites (N-methyl/N-ethyl adjacent to an activating group) is 3. The van der Waals surface area contributed by atoms with Gasteiger partial charge in [-0.2, -0.15) is 0 Å². The molecule has 4 aliphatic rings. The van der Waals surface area contributed by atoms with Crippen molar-refractivity contribution in [3.63, 3.8) is 0 Å². The minimum Gasteiger partial charge on any atom is -0.508 e. The van der Waals surface area contributed by atoms with E-state index in [1.54, 1.807) is 119 Å². The monoisotopic (exact) mass is 1900 g/mol. The molecule has 0 unspecified atom stereocenters. The number of para-hydroxylation sites is 1. The summed E-state index contributed by atoms with van der Waals surface area (Å²) < 4.78 is 45.2. The van der Waals surface area contributed by atoms with Crippen LogP contribution in [-0.2, 0) is 110 Å². The van der Waals surface area contributed by atoms with Crippen molar-refractivity contribution in [1.29, 1.82) is 0 Å². The summed E-state index contributed by atoms with van der Waals surface area (Å²) in [6, 6.07) is 15.6. The van der Waals surface area contributed by atoms with Gasteiger partial charge >= 0.3 is 0 Å². The summed E-state index contributed by atoms with van der Waals surface area (Å²) in [5, 5.41) is 54.7. The number of rotatable bonds is 21. The lowest BCUT2D eigenvalue weighted by molar-refractivity contribution is -0.154. The average Bonchev–Trinajstić information content (AvgIpc) is 1.79. The zero-order valence-electron chi connectivity index (χ0n) is 77.0. The van der Waals surface area contributed by atoms with Gasteiger partial charge in [0.05, 0.1) is 18.4 Å². The highest BCUT2D eigenvalue weighted by Crippen LogP contribution is 2.32. The lowest BCUT2D eigenvalue weighted by Gasteiger charge is -2.42. The van der Waals surface area contributed by atoms with E-state index in [0.717, 1.165) is 19.6 Å². The predicted octanol–water partition coefficient (Wildman–Crippen LogP) is 2.36. The van der Waals surface area contributed by atoms with Gasteiger partial charge in [0.25, 0.3) is 0 Å². The molecule has 0 radical (unpaired) electrons. The van der Waals surface area contributed by atoms with E-state index in [2.05, 4.69) is 47.5 Å². The van der Waals surface area contributed by atoms with Crippen LogP contribution in [0.4, 0.5) is 13.2 Å². The third-order valence-electron chi connectivity index (χ3n) is 25.1. The van der Waals surface area contributed by atoms with Gasteiger partial charge < -0.3 is 104 Å². The first kappa shape index (κ1) is 103. The van der Waals surface area contributed by atoms with E-state index in [0.29, 0.717) is 69.0 Å². The number of nitrogens with zero attached hydrogens (tertiary/aromatic N) is 6. The summed E-state index contributed by atoms with van der Waals surface area (Å²) in [5.74, 6) is -21.6. The summed E-state index contributed by atoms with van der Waals surface area (Å²) in [6.07, 6.45) is -1.76. The van der Waals surface area contributed by atoms with Gasteiger partial charge in [-0.05, 0) is 113 Å². The Morgan fingerprint density at radius 3 is 1.61 bits per heavy atom. The number of nitrogens with two attached hydrogens (primary N) is 2. The van der Waals surface area contributed by atoms with Gasteiger partial charge in [0.15, 0.2) is 17.5 Å². The lowest BCUT2D eigenvalue weighted by atomic mass is 9.95. The Balaban J connectivity index is 0.985. The number of hydrogen-bond acceptors (Lipinski definition) is 20. The number of hydrogen-bond donors (Lipinski definition) is 14. The van der Waals surface area contributed by atoms with Crippen LogP contribution in [0, 0.1) is 29.3 Å². The Morgan fingerprint density at radius 2 is 1.02 bits per heavy atom. The molecule has 0 bridgehead atoms. The van der Waals surface area contributed by atoms with E-state index in [-0.39, 0.29) is 101 Å². The predicted molar refractivity (Wildman–Crippen MR) is 497 cm³/mol. The number of unbranched alkanes of at least 4 members (excludes halogenated alkanes) is 1. The summed E-state index contributed by atoms with van der Waals surface area (Å²) in [7, 11) is 3.85. The van der Waals surface area contributed by atoms with Crippen molar-refractivity contribution in [3.05, 3.63) is 203 Å². The molecule has 6 aromatic carbocycles. The van der Waals surface area contributed by atoms with Crippen molar-refractivity contribution < 1.29 is 100 Å². The molecule has 35 nitrogen and oxygen atoms in total. The Labute approximate surface area is 789 Å². The molecular weight excluding hydrogens is 1780 g/mol. The first-order valence-corrected chi connectivity index (χ1v) is 46.6. The first-order chi connectivity index (χ1) is 64.7. The molecule has 15 atom stereocenters. The number of carbonyl (C=O) groups excluding carboxylic acids is 15. The molecule has 4 fully saturated rings. The summed E-state index contributed by atoms with van der Waals surface area (Å²) in [4.78, 5) is 237. The minimum absolute atomic E-state index is 0.0222. The standard InChI is InChI=1S/C97H120F3N17O18S/c1-9-10-25-76-95(133)117-50-64(120)46-80(117)96(134)116-49-61(101)45-78(116)91(129)111-84(54(4)5)97(135)113(7)77(42-55-19-13-11-14-20-55)90(128)109-73(40-58-28-32-63(119)33-29-58)93(131)115-35-34-75(115)89(127)108-71(44-60-47-103-68-24-18-17-23-65(60)68)88(126)107-70(39-57-26-30-62(118)31-27-57)87(125)106-69(36-53(2)3)86(124)110-74(85(123)104-48-81(102)121)51-136-52-82(122)105-72(41-59-37-66(98)83(100)67(99)38-59)92(130)114(8)79(94(132)112(76)6)43-56-21-15-12-16-22-56/h11-24,26-33,37-38,47,53-54,61,64,69-80,84,103,118-120H,9-10,25,34-36,39-46,48-52,101H2,1-8H3,(H2,102,121)(H,104,123)(H,105,122)(H,106,125)(H,107,126)(H,108,127)(H,109,128)(H,110,124)(H,111,129)/t61-,64-,69+,70+,71+,72+,73+,74+,75-,76+,77+,78+,79+,80-,84+/m1/s1. The lowest BCUT2D eigenvalue weighted by Crippen LogP contribution is -2.65. The maximum absolute atomic E-state index is 15.8. The SMILES string of the molecule is CCCC[C@H]1C(=O)N2C[C@H](O)C[C@@H]2C(=O)N2C[C@H](N)C[C@H]2C(=O)N[C@@H](C(C)C)C(=O)N(C)[C@@H](Cc2ccccc2)C(=O)N[C@@H](Cc2ccc(O)cc2)C(=O)N2CC[C@@H]2C(=O)N[C@@H](Cc2c[nH]c3ccccc23)C(=O)N[C@@H](Cc2ccc(O)cc2)C(=O)N[C@@H](CC(C)C)C(=O)N[C@H](C(=O)NCC(N)=O)CSCC(=O)N[C@@H](Cc2cc(F)c(F)c(F)c2)C(=O)N(C)[C@@H](Cc2ccccc2)C(=O)N1C. The molecule has 16 N–H and O–H groups in total. The summed E-state index contributed by atoms with van der Waals surface area (Å²) >= 11 is 0.682. The van der Waals surface area contributed by atoms with Crippen molar-refractivity contribution in [2.24, 2.45) is 23.3 Å². The van der Waals surface area contributed by atoms with E-state index in [1.165, 1.54) is 79.5 Å². The van der Waals surface area contributed by atoms with Crippen LogP contribution in [0.15, 0.2) is 152 Å². The van der Waals surface area contributed by atoms with Crippen molar-refractivity contribution in [2.75, 3.05) is 58.8 Å². The zero-order valence-corrected chi connectivity index (χ0v) is 77.8. The van der Waals surface area contributed by atoms with Crippen molar-refractivity contribution in [2.45, 2.75) is 209 Å². The third kappa shape index (κ3) is 26.6. The van der Waals surface area contributed by atoms with Gasteiger partial charge in [-0.25, -0.2) is 13.2 Å².